The molecule has 1 heterocycles. The van der Waals surface area contributed by atoms with Crippen molar-refractivity contribution in [2.24, 2.45) is 0 Å². The number of hydrogen-bond acceptors (Lipinski definition) is 4. The van der Waals surface area contributed by atoms with Crippen LogP contribution in [0.25, 0.3) is 11.0 Å². The van der Waals surface area contributed by atoms with E-state index in [0.29, 0.717) is 23.5 Å². The van der Waals surface area contributed by atoms with Gasteiger partial charge >= 0.3 is 0 Å². The summed E-state index contributed by atoms with van der Waals surface area (Å²) in [5.41, 5.74) is 0.584. The normalized spacial score (nSPS) is 11.0. The second-order valence-electron chi connectivity index (χ2n) is 6.40. The van der Waals surface area contributed by atoms with Crippen molar-refractivity contribution in [3.63, 3.8) is 0 Å². The number of anilines is 1. The molecule has 0 aliphatic rings. The van der Waals surface area contributed by atoms with Crippen LogP contribution in [0.1, 0.15) is 59.3 Å². The molecule has 4 nitrogen and oxygen atoms in total. The predicted molar refractivity (Wildman–Crippen MR) is 105 cm³/mol. The summed E-state index contributed by atoms with van der Waals surface area (Å²) >= 11 is 0. The second-order valence-corrected chi connectivity index (χ2v) is 6.40. The standard InChI is InChI=1S/C21H31NO3/c1-4-7-8-9-10-11-14-24-17-12-13-18-19(23)16-21(22(5-2)6-3)25-20(18)15-17/h12-13,15-16H,4-11,14H2,1-3H3. The fourth-order valence-electron chi connectivity index (χ4n) is 2.98. The minimum absolute atomic E-state index is 0.00868. The van der Waals surface area contributed by atoms with Crippen molar-refractivity contribution < 1.29 is 9.15 Å². The van der Waals surface area contributed by atoms with Crippen LogP contribution in [-0.4, -0.2) is 19.7 Å². The van der Waals surface area contributed by atoms with E-state index in [0.717, 1.165) is 25.3 Å². The highest BCUT2D eigenvalue weighted by atomic mass is 16.5. The van der Waals surface area contributed by atoms with E-state index in [1.807, 2.05) is 30.9 Å². The maximum absolute atomic E-state index is 12.3. The van der Waals surface area contributed by atoms with Gasteiger partial charge in [0.2, 0.25) is 0 Å². The minimum atomic E-state index is -0.00868. The summed E-state index contributed by atoms with van der Waals surface area (Å²) in [7, 11) is 0. The Kier molecular flexibility index (Phi) is 7.83. The smallest absolute Gasteiger partial charge is 0.199 e. The van der Waals surface area contributed by atoms with Crippen LogP contribution in [-0.2, 0) is 0 Å². The molecule has 138 valence electrons. The van der Waals surface area contributed by atoms with E-state index in [1.165, 1.54) is 32.1 Å². The fraction of sp³-hybridized carbons (Fsp3) is 0.571. The molecule has 0 N–H and O–H groups in total. The third-order valence-electron chi connectivity index (χ3n) is 4.53. The average Bonchev–Trinajstić information content (AvgIpc) is 2.62. The maximum atomic E-state index is 12.3. The van der Waals surface area contributed by atoms with Gasteiger partial charge in [-0.1, -0.05) is 39.0 Å². The Hall–Kier alpha value is -1.97. The zero-order valence-electron chi connectivity index (χ0n) is 15.8. The summed E-state index contributed by atoms with van der Waals surface area (Å²) in [6.07, 6.45) is 7.44. The van der Waals surface area contributed by atoms with Crippen LogP contribution in [0.4, 0.5) is 5.88 Å². The first-order valence-electron chi connectivity index (χ1n) is 9.65. The molecule has 0 spiro atoms. The maximum Gasteiger partial charge on any atom is 0.199 e. The molecule has 0 saturated heterocycles. The molecule has 0 unspecified atom stereocenters. The van der Waals surface area contributed by atoms with Crippen LogP contribution >= 0.6 is 0 Å². The third-order valence-corrected chi connectivity index (χ3v) is 4.53. The SMILES string of the molecule is CCCCCCCCOc1ccc2c(=O)cc(N(CC)CC)oc2c1. The molecule has 25 heavy (non-hydrogen) atoms. The monoisotopic (exact) mass is 345 g/mol. The molecule has 1 aromatic carbocycles. The largest absolute Gasteiger partial charge is 0.493 e. The van der Waals surface area contributed by atoms with Crippen LogP contribution in [0.15, 0.2) is 33.5 Å². The Bertz CT molecular complexity index is 704. The molecular weight excluding hydrogens is 314 g/mol. The van der Waals surface area contributed by atoms with Gasteiger partial charge < -0.3 is 14.1 Å². The van der Waals surface area contributed by atoms with Crippen LogP contribution in [0.3, 0.4) is 0 Å². The highest BCUT2D eigenvalue weighted by Gasteiger charge is 2.10. The van der Waals surface area contributed by atoms with Crippen molar-refractivity contribution in [2.45, 2.75) is 59.3 Å². The van der Waals surface area contributed by atoms with Gasteiger partial charge in [-0.15, -0.1) is 0 Å². The summed E-state index contributed by atoms with van der Waals surface area (Å²) in [4.78, 5) is 14.3. The summed E-state index contributed by atoms with van der Waals surface area (Å²) < 4.78 is 11.8. The van der Waals surface area contributed by atoms with Gasteiger partial charge in [0.15, 0.2) is 11.3 Å². The van der Waals surface area contributed by atoms with E-state index in [4.69, 9.17) is 9.15 Å². The number of fused-ring (bicyclic) bond motifs is 1. The van der Waals surface area contributed by atoms with Crippen molar-refractivity contribution in [3.8, 4) is 5.75 Å². The number of hydrogen-bond donors (Lipinski definition) is 0. The van der Waals surface area contributed by atoms with E-state index >= 15 is 0 Å². The molecule has 0 aliphatic heterocycles. The lowest BCUT2D eigenvalue weighted by atomic mass is 10.1. The van der Waals surface area contributed by atoms with Crippen molar-refractivity contribution in [1.82, 2.24) is 0 Å². The van der Waals surface area contributed by atoms with Crippen LogP contribution in [0.2, 0.25) is 0 Å². The first-order valence-corrected chi connectivity index (χ1v) is 9.65. The van der Waals surface area contributed by atoms with E-state index in [1.54, 1.807) is 12.1 Å². The van der Waals surface area contributed by atoms with Crippen molar-refractivity contribution in [1.29, 1.82) is 0 Å². The number of ether oxygens (including phenoxy) is 1. The molecule has 2 rings (SSSR count). The van der Waals surface area contributed by atoms with Gasteiger partial charge in [0.05, 0.1) is 12.0 Å². The van der Waals surface area contributed by atoms with Crippen molar-refractivity contribution in [2.75, 3.05) is 24.6 Å². The Morgan fingerprint density at radius 3 is 2.40 bits per heavy atom. The van der Waals surface area contributed by atoms with E-state index in [9.17, 15) is 4.79 Å². The molecule has 4 heteroatoms. The number of nitrogens with zero attached hydrogens (tertiary/aromatic N) is 1. The number of rotatable bonds is 11. The van der Waals surface area contributed by atoms with Crippen LogP contribution < -0.4 is 15.1 Å². The van der Waals surface area contributed by atoms with Crippen molar-refractivity contribution in [3.05, 3.63) is 34.5 Å². The summed E-state index contributed by atoms with van der Waals surface area (Å²) in [5.74, 6) is 1.39. The van der Waals surface area contributed by atoms with Gasteiger partial charge in [-0.3, -0.25) is 4.79 Å². The lowest BCUT2D eigenvalue weighted by Gasteiger charge is -2.19. The minimum Gasteiger partial charge on any atom is -0.493 e. The topological polar surface area (TPSA) is 42.7 Å². The highest BCUT2D eigenvalue weighted by molar-refractivity contribution is 5.79. The lowest BCUT2D eigenvalue weighted by Crippen LogP contribution is -2.23. The quantitative estimate of drug-likeness (QED) is 0.513. The molecule has 0 bridgehead atoms. The highest BCUT2D eigenvalue weighted by Crippen LogP contribution is 2.23. The zero-order chi connectivity index (χ0) is 18.1. The molecule has 1 aromatic heterocycles. The van der Waals surface area contributed by atoms with E-state index < -0.39 is 0 Å². The molecule has 0 aliphatic carbocycles. The Morgan fingerprint density at radius 1 is 0.960 bits per heavy atom. The van der Waals surface area contributed by atoms with Gasteiger partial charge in [0, 0.05) is 25.2 Å². The van der Waals surface area contributed by atoms with Gasteiger partial charge in [0.25, 0.3) is 0 Å². The van der Waals surface area contributed by atoms with Gasteiger partial charge in [0.1, 0.15) is 11.3 Å². The summed E-state index contributed by atoms with van der Waals surface area (Å²) in [6, 6.07) is 7.06. The lowest BCUT2D eigenvalue weighted by molar-refractivity contribution is 0.304. The molecule has 0 saturated carbocycles. The van der Waals surface area contributed by atoms with Crippen molar-refractivity contribution >= 4 is 16.9 Å². The van der Waals surface area contributed by atoms with Crippen LogP contribution in [0.5, 0.6) is 5.75 Å². The Balaban J connectivity index is 2.01. The summed E-state index contributed by atoms with van der Waals surface area (Å²) in [5, 5.41) is 0.600. The second kappa shape index (κ2) is 10.1. The van der Waals surface area contributed by atoms with Gasteiger partial charge in [-0.05, 0) is 32.4 Å². The van der Waals surface area contributed by atoms with Gasteiger partial charge in [-0.2, -0.15) is 0 Å². The molecular formula is C21H31NO3. The fourth-order valence-corrected chi connectivity index (χ4v) is 2.98. The van der Waals surface area contributed by atoms with Gasteiger partial charge in [-0.25, -0.2) is 0 Å². The third kappa shape index (κ3) is 5.52. The first-order chi connectivity index (χ1) is 12.2. The number of unbranched alkanes of at least 4 members (excludes halogenated alkanes) is 5. The van der Waals surface area contributed by atoms with E-state index in [2.05, 4.69) is 6.92 Å². The zero-order valence-corrected chi connectivity index (χ0v) is 15.8. The number of benzene rings is 1. The Morgan fingerprint density at radius 2 is 1.68 bits per heavy atom. The molecule has 0 atom stereocenters. The molecule has 0 amide bonds. The first kappa shape index (κ1) is 19.4. The molecule has 2 aromatic rings. The average molecular weight is 345 g/mol. The predicted octanol–water partition coefficient (Wildman–Crippen LogP) is 5.38. The Labute approximate surface area is 150 Å². The molecule has 0 fully saturated rings. The molecule has 0 radical (unpaired) electrons. The summed E-state index contributed by atoms with van der Waals surface area (Å²) in [6.45, 7) is 8.64. The van der Waals surface area contributed by atoms with E-state index in [-0.39, 0.29) is 5.43 Å². The van der Waals surface area contributed by atoms with Crippen LogP contribution in [0, 0.1) is 0 Å².